The van der Waals surface area contributed by atoms with Crippen LogP contribution in [0.1, 0.15) is 25.7 Å². The Morgan fingerprint density at radius 3 is 3.10 bits per heavy atom. The van der Waals surface area contributed by atoms with E-state index >= 15 is 0 Å². The highest BCUT2D eigenvalue weighted by Gasteiger charge is 2.20. The Kier molecular flexibility index (Phi) is 5.99. The molecular formula is C16H23FN2O2. The first-order chi connectivity index (χ1) is 10.1. The summed E-state index contributed by atoms with van der Waals surface area (Å²) in [6.07, 6.45) is 3.42. The predicted octanol–water partition coefficient (Wildman–Crippen LogP) is 2.20. The molecule has 0 aromatic heterocycles. The third kappa shape index (κ3) is 5.34. The quantitative estimate of drug-likeness (QED) is 0.784. The van der Waals surface area contributed by atoms with Crippen LogP contribution in [0.3, 0.4) is 0 Å². The molecule has 116 valence electrons. The lowest BCUT2D eigenvalue weighted by Gasteiger charge is -2.19. The van der Waals surface area contributed by atoms with Crippen molar-refractivity contribution < 1.29 is 13.9 Å². The lowest BCUT2D eigenvalue weighted by molar-refractivity contribution is -0.121. The summed E-state index contributed by atoms with van der Waals surface area (Å²) in [6.45, 7) is 2.25. The Bertz CT molecular complexity index is 467. The van der Waals surface area contributed by atoms with E-state index in [0.29, 0.717) is 31.2 Å². The van der Waals surface area contributed by atoms with Gasteiger partial charge in [-0.05, 0) is 45.0 Å². The number of carbonyl (C=O) groups is 1. The van der Waals surface area contributed by atoms with Crippen molar-refractivity contribution in [3.8, 4) is 5.75 Å². The van der Waals surface area contributed by atoms with Crippen molar-refractivity contribution in [2.24, 2.45) is 0 Å². The molecule has 1 aromatic carbocycles. The van der Waals surface area contributed by atoms with Gasteiger partial charge in [-0.2, -0.15) is 0 Å². The van der Waals surface area contributed by atoms with Crippen molar-refractivity contribution in [2.45, 2.75) is 31.7 Å². The number of ether oxygens (including phenoxy) is 1. The third-order valence-electron chi connectivity index (χ3n) is 3.82. The van der Waals surface area contributed by atoms with Crippen LogP contribution in [0.25, 0.3) is 0 Å². The van der Waals surface area contributed by atoms with Crippen LogP contribution in [-0.4, -0.2) is 43.6 Å². The molecule has 0 aliphatic carbocycles. The fourth-order valence-electron chi connectivity index (χ4n) is 2.54. The van der Waals surface area contributed by atoms with Crippen LogP contribution in [0.5, 0.6) is 5.75 Å². The van der Waals surface area contributed by atoms with Gasteiger partial charge in [0, 0.05) is 25.1 Å². The Morgan fingerprint density at radius 1 is 1.52 bits per heavy atom. The molecule has 0 saturated carbocycles. The number of hydrogen-bond acceptors (Lipinski definition) is 3. The van der Waals surface area contributed by atoms with Crippen LogP contribution in [0.15, 0.2) is 24.3 Å². The van der Waals surface area contributed by atoms with Crippen LogP contribution in [0.2, 0.25) is 0 Å². The molecule has 1 heterocycles. The van der Waals surface area contributed by atoms with Gasteiger partial charge in [0.2, 0.25) is 5.91 Å². The van der Waals surface area contributed by atoms with Crippen LogP contribution in [0, 0.1) is 5.82 Å². The molecule has 1 N–H and O–H groups in total. The van der Waals surface area contributed by atoms with Gasteiger partial charge in [-0.3, -0.25) is 4.79 Å². The summed E-state index contributed by atoms with van der Waals surface area (Å²) in [5.74, 6) is 0.243. The normalized spacial score (nSPS) is 18.7. The monoisotopic (exact) mass is 294 g/mol. The molecule has 1 fully saturated rings. The van der Waals surface area contributed by atoms with Crippen molar-refractivity contribution in [1.29, 1.82) is 0 Å². The van der Waals surface area contributed by atoms with E-state index in [1.807, 2.05) is 0 Å². The molecular weight excluding hydrogens is 271 g/mol. The molecule has 2 rings (SSSR count). The number of nitrogens with one attached hydrogen (secondary N) is 1. The van der Waals surface area contributed by atoms with Gasteiger partial charge in [-0.25, -0.2) is 4.39 Å². The van der Waals surface area contributed by atoms with Gasteiger partial charge in [-0.1, -0.05) is 6.07 Å². The summed E-state index contributed by atoms with van der Waals surface area (Å²) in [5.41, 5.74) is 0. The number of benzene rings is 1. The first kappa shape index (κ1) is 15.8. The lowest BCUT2D eigenvalue weighted by atomic mass is 10.2. The molecule has 1 amide bonds. The van der Waals surface area contributed by atoms with Gasteiger partial charge in [0.05, 0.1) is 6.61 Å². The predicted molar refractivity (Wildman–Crippen MR) is 79.8 cm³/mol. The smallest absolute Gasteiger partial charge is 0.220 e. The summed E-state index contributed by atoms with van der Waals surface area (Å²) >= 11 is 0. The number of amides is 1. The van der Waals surface area contributed by atoms with Gasteiger partial charge in [0.1, 0.15) is 11.6 Å². The summed E-state index contributed by atoms with van der Waals surface area (Å²) < 4.78 is 18.3. The van der Waals surface area contributed by atoms with E-state index in [1.54, 1.807) is 12.1 Å². The molecule has 21 heavy (non-hydrogen) atoms. The summed E-state index contributed by atoms with van der Waals surface area (Å²) in [5, 5.41) is 2.97. The highest BCUT2D eigenvalue weighted by atomic mass is 19.1. The van der Waals surface area contributed by atoms with Gasteiger partial charge in [0.15, 0.2) is 0 Å². The van der Waals surface area contributed by atoms with Crippen molar-refractivity contribution in [1.82, 2.24) is 10.2 Å². The van der Waals surface area contributed by atoms with Crippen LogP contribution >= 0.6 is 0 Å². The lowest BCUT2D eigenvalue weighted by Crippen LogP contribution is -2.38. The summed E-state index contributed by atoms with van der Waals surface area (Å²) in [6, 6.07) is 6.50. The van der Waals surface area contributed by atoms with Crippen molar-refractivity contribution in [3.05, 3.63) is 30.1 Å². The minimum Gasteiger partial charge on any atom is -0.493 e. The third-order valence-corrected chi connectivity index (χ3v) is 3.82. The number of nitrogens with zero attached hydrogens (tertiary/aromatic N) is 1. The first-order valence-corrected chi connectivity index (χ1v) is 7.50. The molecule has 0 bridgehead atoms. The number of carbonyl (C=O) groups excluding carboxylic acids is 1. The zero-order valence-electron chi connectivity index (χ0n) is 12.5. The highest BCUT2D eigenvalue weighted by molar-refractivity contribution is 5.75. The molecule has 0 spiro atoms. The van der Waals surface area contributed by atoms with Crippen LogP contribution in [-0.2, 0) is 4.79 Å². The largest absolute Gasteiger partial charge is 0.493 e. The van der Waals surface area contributed by atoms with Gasteiger partial charge < -0.3 is 15.0 Å². The second kappa shape index (κ2) is 7.98. The van der Waals surface area contributed by atoms with E-state index in [-0.39, 0.29) is 11.7 Å². The van der Waals surface area contributed by atoms with E-state index in [0.717, 1.165) is 19.5 Å². The van der Waals surface area contributed by atoms with E-state index in [9.17, 15) is 9.18 Å². The van der Waals surface area contributed by atoms with E-state index in [2.05, 4.69) is 17.3 Å². The van der Waals surface area contributed by atoms with Gasteiger partial charge in [-0.15, -0.1) is 0 Å². The van der Waals surface area contributed by atoms with Crippen molar-refractivity contribution in [2.75, 3.05) is 26.7 Å². The average Bonchev–Trinajstić information content (AvgIpc) is 2.87. The average molecular weight is 294 g/mol. The minimum absolute atomic E-state index is 0.0538. The molecule has 1 saturated heterocycles. The summed E-state index contributed by atoms with van der Waals surface area (Å²) in [7, 11) is 2.09. The SMILES string of the molecule is CN1CCC[C@@H]1CNC(=O)CCCOc1cccc(F)c1. The van der Waals surface area contributed by atoms with Crippen molar-refractivity contribution >= 4 is 5.91 Å². The van der Waals surface area contributed by atoms with E-state index in [4.69, 9.17) is 4.74 Å². The number of rotatable bonds is 7. The van der Waals surface area contributed by atoms with Crippen LogP contribution < -0.4 is 10.1 Å². The molecule has 1 aromatic rings. The zero-order valence-corrected chi connectivity index (χ0v) is 12.5. The molecule has 1 atom stereocenters. The highest BCUT2D eigenvalue weighted by Crippen LogP contribution is 2.14. The molecule has 5 heteroatoms. The maximum Gasteiger partial charge on any atom is 0.220 e. The minimum atomic E-state index is -0.314. The van der Waals surface area contributed by atoms with Gasteiger partial charge >= 0.3 is 0 Å². The molecule has 4 nitrogen and oxygen atoms in total. The second-order valence-corrected chi connectivity index (χ2v) is 5.49. The maximum atomic E-state index is 12.9. The van der Waals surface area contributed by atoms with E-state index < -0.39 is 0 Å². The topological polar surface area (TPSA) is 41.6 Å². The molecule has 1 aliphatic heterocycles. The van der Waals surface area contributed by atoms with Crippen LogP contribution in [0.4, 0.5) is 4.39 Å². The Morgan fingerprint density at radius 2 is 2.38 bits per heavy atom. The number of likely N-dealkylation sites (N-methyl/N-ethyl adjacent to an activating group) is 1. The molecule has 0 radical (unpaired) electrons. The summed E-state index contributed by atoms with van der Waals surface area (Å²) in [4.78, 5) is 14.0. The standard InChI is InChI=1S/C16H23FN2O2/c1-19-9-3-6-14(19)12-18-16(20)8-4-10-21-15-7-2-5-13(17)11-15/h2,5,7,11,14H,3-4,6,8-10,12H2,1H3,(H,18,20)/t14-/m1/s1. The molecule has 1 aliphatic rings. The van der Waals surface area contributed by atoms with Gasteiger partial charge in [0.25, 0.3) is 0 Å². The van der Waals surface area contributed by atoms with E-state index in [1.165, 1.54) is 18.6 Å². The first-order valence-electron chi connectivity index (χ1n) is 7.50. The Labute approximate surface area is 125 Å². The fraction of sp³-hybridized carbons (Fsp3) is 0.562. The number of hydrogen-bond donors (Lipinski definition) is 1. The maximum absolute atomic E-state index is 12.9. The zero-order chi connectivity index (χ0) is 15.1. The number of halogens is 1. The molecule has 0 unspecified atom stereocenters. The second-order valence-electron chi connectivity index (χ2n) is 5.49. The fourth-order valence-corrected chi connectivity index (χ4v) is 2.54. The Balaban J connectivity index is 1.57. The van der Waals surface area contributed by atoms with Crippen molar-refractivity contribution in [3.63, 3.8) is 0 Å². The number of likely N-dealkylation sites (tertiary alicyclic amines) is 1. The Hall–Kier alpha value is -1.62.